The van der Waals surface area contributed by atoms with Crippen LogP contribution in [0.5, 0.6) is 0 Å². The summed E-state index contributed by atoms with van der Waals surface area (Å²) in [6.45, 7) is -0.526. The molecule has 0 aliphatic heterocycles. The first-order valence-electron chi connectivity index (χ1n) is 5.89. The standard InChI is InChI=1S/C12H16FNO3/c13-11-9(7-15)6-10(14(17)12(11)16)8-4-2-1-3-5-8/h6,8,15,17H,1-5,7H2. The molecule has 0 unspecified atom stereocenters. The Bertz CT molecular complexity index is 464. The van der Waals surface area contributed by atoms with Gasteiger partial charge in [-0.25, -0.2) is 4.39 Å². The van der Waals surface area contributed by atoms with E-state index in [4.69, 9.17) is 5.11 Å². The van der Waals surface area contributed by atoms with E-state index in [9.17, 15) is 14.4 Å². The van der Waals surface area contributed by atoms with Crippen molar-refractivity contribution in [2.45, 2.75) is 44.6 Å². The molecule has 0 saturated heterocycles. The Morgan fingerprint density at radius 1 is 1.35 bits per heavy atom. The van der Waals surface area contributed by atoms with Crippen LogP contribution in [0.4, 0.5) is 4.39 Å². The molecule has 4 nitrogen and oxygen atoms in total. The number of aromatic nitrogens is 1. The van der Waals surface area contributed by atoms with Gasteiger partial charge < -0.3 is 10.3 Å². The first-order chi connectivity index (χ1) is 8.15. The van der Waals surface area contributed by atoms with Crippen LogP contribution in [0.1, 0.15) is 49.3 Å². The van der Waals surface area contributed by atoms with Crippen LogP contribution in [-0.2, 0) is 6.61 Å². The van der Waals surface area contributed by atoms with Crippen LogP contribution in [0.2, 0.25) is 0 Å². The Morgan fingerprint density at radius 3 is 2.59 bits per heavy atom. The van der Waals surface area contributed by atoms with Crippen molar-refractivity contribution in [3.05, 3.63) is 33.5 Å². The highest BCUT2D eigenvalue weighted by Gasteiger charge is 2.22. The predicted molar refractivity (Wildman–Crippen MR) is 59.6 cm³/mol. The Morgan fingerprint density at radius 2 is 2.00 bits per heavy atom. The van der Waals surface area contributed by atoms with Gasteiger partial charge in [0.2, 0.25) is 0 Å². The van der Waals surface area contributed by atoms with Crippen molar-refractivity contribution in [2.75, 3.05) is 0 Å². The molecule has 0 aromatic carbocycles. The monoisotopic (exact) mass is 241 g/mol. The lowest BCUT2D eigenvalue weighted by molar-refractivity contribution is 0.150. The van der Waals surface area contributed by atoms with E-state index < -0.39 is 18.0 Å². The minimum absolute atomic E-state index is 0.0409. The highest BCUT2D eigenvalue weighted by atomic mass is 19.1. The van der Waals surface area contributed by atoms with Gasteiger partial charge in [-0.3, -0.25) is 4.79 Å². The zero-order valence-electron chi connectivity index (χ0n) is 9.53. The second-order valence-electron chi connectivity index (χ2n) is 4.52. The maximum atomic E-state index is 13.4. The summed E-state index contributed by atoms with van der Waals surface area (Å²) in [5.41, 5.74) is -0.696. The van der Waals surface area contributed by atoms with Gasteiger partial charge in [0.05, 0.1) is 12.3 Å². The predicted octanol–water partition coefficient (Wildman–Crippen LogP) is 1.76. The number of nitrogens with zero attached hydrogens (tertiary/aromatic N) is 1. The first kappa shape index (κ1) is 12.1. The van der Waals surface area contributed by atoms with Crippen LogP contribution in [0.15, 0.2) is 10.9 Å². The molecule has 5 heteroatoms. The van der Waals surface area contributed by atoms with Gasteiger partial charge in [-0.15, -0.1) is 4.73 Å². The lowest BCUT2D eigenvalue weighted by atomic mass is 9.86. The van der Waals surface area contributed by atoms with Gasteiger partial charge in [-0.1, -0.05) is 19.3 Å². The number of aliphatic hydroxyl groups excluding tert-OH is 1. The summed E-state index contributed by atoms with van der Waals surface area (Å²) in [4.78, 5) is 11.4. The van der Waals surface area contributed by atoms with Crippen molar-refractivity contribution >= 4 is 0 Å². The molecule has 0 atom stereocenters. The van der Waals surface area contributed by atoms with Crippen molar-refractivity contribution in [1.82, 2.24) is 4.73 Å². The number of rotatable bonds is 2. The Hall–Kier alpha value is -1.36. The van der Waals surface area contributed by atoms with Gasteiger partial charge in [0.1, 0.15) is 0 Å². The molecule has 17 heavy (non-hydrogen) atoms. The normalized spacial score (nSPS) is 17.3. The molecule has 1 fully saturated rings. The van der Waals surface area contributed by atoms with Crippen molar-refractivity contribution in [1.29, 1.82) is 0 Å². The lowest BCUT2D eigenvalue weighted by Gasteiger charge is -2.23. The topological polar surface area (TPSA) is 62.5 Å². The Balaban J connectivity index is 2.45. The molecule has 0 amide bonds. The SMILES string of the molecule is O=c1c(F)c(CO)cc(C2CCCCC2)n1O. The third-order valence-corrected chi connectivity index (χ3v) is 3.42. The summed E-state index contributed by atoms with van der Waals surface area (Å²) in [5.74, 6) is -0.998. The molecular weight excluding hydrogens is 225 g/mol. The Kier molecular flexibility index (Phi) is 3.47. The molecule has 1 heterocycles. The van der Waals surface area contributed by atoms with E-state index in [2.05, 4.69) is 0 Å². The van der Waals surface area contributed by atoms with Crippen molar-refractivity contribution in [2.24, 2.45) is 0 Å². The molecule has 1 aromatic heterocycles. The van der Waals surface area contributed by atoms with Gasteiger partial charge in [-0.05, 0) is 18.9 Å². The molecule has 0 spiro atoms. The van der Waals surface area contributed by atoms with E-state index >= 15 is 0 Å². The molecule has 0 radical (unpaired) electrons. The number of hydrogen-bond acceptors (Lipinski definition) is 3. The van der Waals surface area contributed by atoms with Crippen LogP contribution in [0.3, 0.4) is 0 Å². The third kappa shape index (κ3) is 2.20. The van der Waals surface area contributed by atoms with Gasteiger partial charge in [-0.2, -0.15) is 0 Å². The van der Waals surface area contributed by atoms with Crippen LogP contribution in [-0.4, -0.2) is 15.0 Å². The number of hydrogen-bond donors (Lipinski definition) is 2. The van der Waals surface area contributed by atoms with Crippen LogP contribution >= 0.6 is 0 Å². The van der Waals surface area contributed by atoms with Crippen LogP contribution < -0.4 is 5.56 Å². The van der Waals surface area contributed by atoms with E-state index in [0.29, 0.717) is 10.4 Å². The smallest absolute Gasteiger partial charge is 0.319 e. The highest BCUT2D eigenvalue weighted by molar-refractivity contribution is 5.21. The fraction of sp³-hybridized carbons (Fsp3) is 0.583. The van der Waals surface area contributed by atoms with E-state index in [1.165, 1.54) is 6.07 Å². The Labute approximate surface area is 98.3 Å². The van der Waals surface area contributed by atoms with Gasteiger partial charge in [0.15, 0.2) is 5.82 Å². The van der Waals surface area contributed by atoms with Crippen molar-refractivity contribution in [3.63, 3.8) is 0 Å². The van der Waals surface area contributed by atoms with Gasteiger partial charge in [0, 0.05) is 11.5 Å². The maximum absolute atomic E-state index is 13.4. The molecule has 1 aliphatic rings. The number of pyridine rings is 1. The summed E-state index contributed by atoms with van der Waals surface area (Å²) in [5, 5.41) is 18.6. The zero-order valence-corrected chi connectivity index (χ0v) is 9.53. The minimum atomic E-state index is -1.07. The zero-order chi connectivity index (χ0) is 12.4. The largest absolute Gasteiger partial charge is 0.425 e. The second kappa shape index (κ2) is 4.87. The highest BCUT2D eigenvalue weighted by Crippen LogP contribution is 2.32. The molecule has 1 aromatic rings. The van der Waals surface area contributed by atoms with Gasteiger partial charge in [0.25, 0.3) is 0 Å². The quantitative estimate of drug-likeness (QED) is 0.775. The number of aliphatic hydroxyl groups is 1. The lowest BCUT2D eigenvalue weighted by Crippen LogP contribution is -2.28. The summed E-state index contributed by atoms with van der Waals surface area (Å²) in [6.07, 6.45) is 5.02. The van der Waals surface area contributed by atoms with Crippen LogP contribution in [0.25, 0.3) is 0 Å². The summed E-state index contributed by atoms with van der Waals surface area (Å²) in [7, 11) is 0. The van der Waals surface area contributed by atoms with E-state index in [1.54, 1.807) is 0 Å². The summed E-state index contributed by atoms with van der Waals surface area (Å²) in [6, 6.07) is 1.40. The number of halogens is 1. The first-order valence-corrected chi connectivity index (χ1v) is 5.89. The molecule has 1 saturated carbocycles. The molecular formula is C12H16FNO3. The van der Waals surface area contributed by atoms with Crippen LogP contribution in [0, 0.1) is 5.82 Å². The summed E-state index contributed by atoms with van der Waals surface area (Å²) >= 11 is 0. The molecule has 94 valence electrons. The maximum Gasteiger partial charge on any atom is 0.319 e. The fourth-order valence-electron chi connectivity index (χ4n) is 2.45. The molecule has 0 bridgehead atoms. The van der Waals surface area contributed by atoms with Crippen molar-refractivity contribution < 1.29 is 14.7 Å². The van der Waals surface area contributed by atoms with E-state index in [1.807, 2.05) is 0 Å². The average Bonchev–Trinajstić information content (AvgIpc) is 2.37. The molecule has 2 N–H and O–H groups in total. The summed E-state index contributed by atoms with van der Waals surface area (Å²) < 4.78 is 13.8. The van der Waals surface area contributed by atoms with Gasteiger partial charge >= 0.3 is 5.56 Å². The van der Waals surface area contributed by atoms with Crippen molar-refractivity contribution in [3.8, 4) is 0 Å². The minimum Gasteiger partial charge on any atom is -0.425 e. The second-order valence-corrected chi connectivity index (χ2v) is 4.52. The molecule has 1 aliphatic carbocycles. The van der Waals surface area contributed by atoms with E-state index in [-0.39, 0.29) is 11.5 Å². The fourth-order valence-corrected chi connectivity index (χ4v) is 2.45. The molecule has 2 rings (SSSR count). The average molecular weight is 241 g/mol. The third-order valence-electron chi connectivity index (χ3n) is 3.42. The van der Waals surface area contributed by atoms with E-state index in [0.717, 1.165) is 32.1 Å².